The summed E-state index contributed by atoms with van der Waals surface area (Å²) in [6.45, 7) is 0. The van der Waals surface area contributed by atoms with Crippen molar-refractivity contribution in [2.24, 2.45) is 0 Å². The van der Waals surface area contributed by atoms with E-state index in [-0.39, 0.29) is 0 Å². The zero-order valence-corrected chi connectivity index (χ0v) is 29.3. The first-order chi connectivity index (χ1) is 26.2. The van der Waals surface area contributed by atoms with Gasteiger partial charge in [-0.05, 0) is 78.5 Å². The molecule has 0 atom stereocenters. The minimum Gasteiger partial charge on any atom is -0.208 e. The molecular formula is C49H29N3S. The van der Waals surface area contributed by atoms with Crippen LogP contribution in [0.5, 0.6) is 0 Å². The van der Waals surface area contributed by atoms with Gasteiger partial charge >= 0.3 is 0 Å². The van der Waals surface area contributed by atoms with Crippen LogP contribution in [0, 0.1) is 0 Å². The summed E-state index contributed by atoms with van der Waals surface area (Å²) < 4.78 is 2.47. The van der Waals surface area contributed by atoms with Crippen molar-refractivity contribution in [2.45, 2.75) is 0 Å². The van der Waals surface area contributed by atoms with Crippen molar-refractivity contribution in [3.8, 4) is 45.3 Å². The predicted molar refractivity (Wildman–Crippen MR) is 224 cm³/mol. The molecule has 0 fully saturated rings. The Bertz CT molecular complexity index is 3230. The second-order valence-electron chi connectivity index (χ2n) is 13.6. The van der Waals surface area contributed by atoms with Gasteiger partial charge in [-0.25, -0.2) is 15.0 Å². The van der Waals surface area contributed by atoms with E-state index < -0.39 is 0 Å². The molecule has 2 heterocycles. The molecule has 11 rings (SSSR count). The number of nitrogens with zero attached hydrogens (tertiary/aromatic N) is 3. The largest absolute Gasteiger partial charge is 0.208 e. The Morgan fingerprint density at radius 1 is 0.302 bits per heavy atom. The number of aromatic nitrogens is 3. The average molecular weight is 692 g/mol. The van der Waals surface area contributed by atoms with E-state index in [4.69, 9.17) is 15.0 Å². The van der Waals surface area contributed by atoms with E-state index in [2.05, 4.69) is 176 Å². The molecule has 3 nitrogen and oxygen atoms in total. The van der Waals surface area contributed by atoms with Crippen LogP contribution in [0.3, 0.4) is 0 Å². The predicted octanol–water partition coefficient (Wildman–Crippen LogP) is 13.5. The van der Waals surface area contributed by atoms with Gasteiger partial charge in [-0.3, -0.25) is 0 Å². The highest BCUT2D eigenvalue weighted by atomic mass is 32.1. The minimum absolute atomic E-state index is 0.649. The van der Waals surface area contributed by atoms with Crippen molar-refractivity contribution in [1.82, 2.24) is 15.0 Å². The number of hydrogen-bond donors (Lipinski definition) is 0. The summed E-state index contributed by atoms with van der Waals surface area (Å²) in [6, 6.07) is 62.8. The van der Waals surface area contributed by atoms with Crippen LogP contribution < -0.4 is 0 Å². The van der Waals surface area contributed by atoms with E-state index >= 15 is 0 Å². The molecule has 0 saturated carbocycles. The van der Waals surface area contributed by atoms with Gasteiger partial charge in [0, 0.05) is 36.9 Å². The van der Waals surface area contributed by atoms with Crippen LogP contribution >= 0.6 is 11.3 Å². The number of thiophene rings is 1. The maximum absolute atomic E-state index is 5.25. The van der Waals surface area contributed by atoms with Gasteiger partial charge in [0.2, 0.25) is 0 Å². The van der Waals surface area contributed by atoms with Crippen molar-refractivity contribution in [3.05, 3.63) is 176 Å². The Morgan fingerprint density at radius 3 is 1.74 bits per heavy atom. The third-order valence-corrected chi connectivity index (χ3v) is 11.6. The van der Waals surface area contributed by atoms with Crippen molar-refractivity contribution < 1.29 is 0 Å². The molecular weight excluding hydrogens is 663 g/mol. The fourth-order valence-corrected chi connectivity index (χ4v) is 9.03. The first-order valence-electron chi connectivity index (χ1n) is 17.8. The van der Waals surface area contributed by atoms with Gasteiger partial charge in [-0.1, -0.05) is 152 Å². The molecule has 11 aromatic rings. The number of fused-ring (bicyclic) bond motifs is 8. The lowest BCUT2D eigenvalue weighted by atomic mass is 9.97. The van der Waals surface area contributed by atoms with Crippen LogP contribution in [0.15, 0.2) is 176 Å². The van der Waals surface area contributed by atoms with Gasteiger partial charge in [0.1, 0.15) is 0 Å². The van der Waals surface area contributed by atoms with Gasteiger partial charge < -0.3 is 0 Å². The summed E-state index contributed by atoms with van der Waals surface area (Å²) in [5.74, 6) is 1.97. The molecule has 53 heavy (non-hydrogen) atoms. The monoisotopic (exact) mass is 691 g/mol. The topological polar surface area (TPSA) is 38.7 Å². The SMILES string of the molecule is c1ccc2cc(-c3nc(-c4ccc(-c5cccc6ccccc56)cc4)nc(-c4cccc5sc6cc7ccc8ccccc8c7cc6c45)n3)ccc2c1. The van der Waals surface area contributed by atoms with E-state index in [9.17, 15) is 0 Å². The van der Waals surface area contributed by atoms with Crippen LogP contribution in [0.2, 0.25) is 0 Å². The zero-order valence-electron chi connectivity index (χ0n) is 28.5. The highest BCUT2D eigenvalue weighted by Crippen LogP contribution is 2.42. The molecule has 246 valence electrons. The number of benzene rings is 9. The Labute approximate surface area is 309 Å². The van der Waals surface area contributed by atoms with Crippen LogP contribution in [0.4, 0.5) is 0 Å². The summed E-state index contributed by atoms with van der Waals surface area (Å²) in [6.07, 6.45) is 0. The zero-order chi connectivity index (χ0) is 34.9. The van der Waals surface area contributed by atoms with Gasteiger partial charge in [-0.15, -0.1) is 11.3 Å². The molecule has 4 heteroatoms. The second kappa shape index (κ2) is 11.9. The molecule has 9 aromatic carbocycles. The lowest BCUT2D eigenvalue weighted by Crippen LogP contribution is -2.00. The third kappa shape index (κ3) is 4.99. The van der Waals surface area contributed by atoms with Gasteiger partial charge in [0.25, 0.3) is 0 Å². The van der Waals surface area contributed by atoms with Crippen molar-refractivity contribution >= 4 is 74.6 Å². The van der Waals surface area contributed by atoms with Crippen LogP contribution in [0.1, 0.15) is 0 Å². The van der Waals surface area contributed by atoms with E-state index in [0.717, 1.165) is 27.6 Å². The normalized spacial score (nSPS) is 11.8. The maximum atomic E-state index is 5.25. The number of rotatable bonds is 4. The van der Waals surface area contributed by atoms with Gasteiger partial charge in [0.05, 0.1) is 0 Å². The Hall–Kier alpha value is -6.75. The third-order valence-electron chi connectivity index (χ3n) is 10.5. The van der Waals surface area contributed by atoms with Crippen molar-refractivity contribution in [1.29, 1.82) is 0 Å². The van der Waals surface area contributed by atoms with Crippen LogP contribution in [-0.2, 0) is 0 Å². The van der Waals surface area contributed by atoms with E-state index in [1.807, 2.05) is 11.3 Å². The van der Waals surface area contributed by atoms with E-state index in [0.29, 0.717) is 17.5 Å². The first kappa shape index (κ1) is 29.9. The molecule has 0 saturated heterocycles. The molecule has 0 N–H and O–H groups in total. The fourth-order valence-electron chi connectivity index (χ4n) is 7.87. The first-order valence-corrected chi connectivity index (χ1v) is 18.7. The molecule has 0 amide bonds. The lowest BCUT2D eigenvalue weighted by Gasteiger charge is -2.11. The van der Waals surface area contributed by atoms with Crippen LogP contribution in [-0.4, -0.2) is 15.0 Å². The highest BCUT2D eigenvalue weighted by molar-refractivity contribution is 7.26. The maximum Gasteiger partial charge on any atom is 0.164 e. The fraction of sp³-hybridized carbons (Fsp3) is 0. The van der Waals surface area contributed by atoms with Crippen molar-refractivity contribution in [3.63, 3.8) is 0 Å². The van der Waals surface area contributed by atoms with E-state index in [1.54, 1.807) is 0 Å². The van der Waals surface area contributed by atoms with Gasteiger partial charge in [-0.2, -0.15) is 0 Å². The molecule has 0 aliphatic carbocycles. The standard InChI is InChI=1S/C49H29N3S/c1-2-12-35-27-37(26-19-30(35)9-1)48-50-47(34-23-20-33(21-24-34)39-16-7-13-31-10-3-5-14-38(31)39)51-49(52-48)41-17-8-18-44-46(41)43-29-42-36(28-45(43)53-44)25-22-32-11-4-6-15-40(32)42/h1-29H. The Morgan fingerprint density at radius 2 is 0.887 bits per heavy atom. The Kier molecular flexibility index (Phi) is 6.73. The quantitative estimate of drug-likeness (QED) is 0.172. The second-order valence-corrected chi connectivity index (χ2v) is 14.7. The molecule has 0 unspecified atom stereocenters. The highest BCUT2D eigenvalue weighted by Gasteiger charge is 2.18. The molecule has 0 radical (unpaired) electrons. The van der Waals surface area contributed by atoms with Crippen molar-refractivity contribution in [2.75, 3.05) is 0 Å². The lowest BCUT2D eigenvalue weighted by molar-refractivity contribution is 1.08. The molecule has 0 bridgehead atoms. The van der Waals surface area contributed by atoms with Crippen LogP contribution in [0.25, 0.3) is 109 Å². The van der Waals surface area contributed by atoms with E-state index in [1.165, 1.54) is 63.4 Å². The summed E-state index contributed by atoms with van der Waals surface area (Å²) in [5.41, 5.74) is 5.27. The average Bonchev–Trinajstić information content (AvgIpc) is 3.60. The molecule has 0 spiro atoms. The molecule has 0 aliphatic heterocycles. The number of hydrogen-bond acceptors (Lipinski definition) is 4. The smallest absolute Gasteiger partial charge is 0.164 e. The Balaban J connectivity index is 1.12. The van der Waals surface area contributed by atoms with Gasteiger partial charge in [0.15, 0.2) is 17.5 Å². The summed E-state index contributed by atoms with van der Waals surface area (Å²) in [4.78, 5) is 15.6. The molecule has 2 aromatic heterocycles. The summed E-state index contributed by atoms with van der Waals surface area (Å²) >= 11 is 1.82. The molecule has 0 aliphatic rings. The summed E-state index contributed by atoms with van der Waals surface area (Å²) in [5, 5.41) is 12.2. The summed E-state index contributed by atoms with van der Waals surface area (Å²) in [7, 11) is 0. The minimum atomic E-state index is 0.649.